The summed E-state index contributed by atoms with van der Waals surface area (Å²) in [6.07, 6.45) is 8.40. The molecule has 2 heteroatoms. The van der Waals surface area contributed by atoms with Gasteiger partial charge in [-0.1, -0.05) is 13.3 Å². The van der Waals surface area contributed by atoms with Crippen LogP contribution < -0.4 is 5.32 Å². The molecule has 6 atom stereocenters. The minimum atomic E-state index is 0.304. The van der Waals surface area contributed by atoms with E-state index in [4.69, 9.17) is 0 Å². The molecule has 0 aromatic heterocycles. The third kappa shape index (κ3) is 1.62. The average Bonchev–Trinajstić information content (AvgIpc) is 2.96. The molecule has 5 unspecified atom stereocenters. The number of aliphatic hydroxyl groups excluding tert-OH is 1. The molecule has 3 aliphatic carbocycles. The van der Waals surface area contributed by atoms with Crippen molar-refractivity contribution in [3.63, 3.8) is 0 Å². The van der Waals surface area contributed by atoms with E-state index in [1.165, 1.54) is 32.1 Å². The normalized spacial score (nSPS) is 47.2. The van der Waals surface area contributed by atoms with Gasteiger partial charge in [0.15, 0.2) is 0 Å². The molecule has 2 N–H and O–H groups in total. The highest BCUT2D eigenvalue weighted by Crippen LogP contribution is 2.58. The zero-order valence-corrected chi connectivity index (χ0v) is 10.4. The third-order valence-electron chi connectivity index (χ3n) is 5.59. The molecular formula is C14H25NO. The van der Waals surface area contributed by atoms with Gasteiger partial charge in [-0.2, -0.15) is 0 Å². The highest BCUT2D eigenvalue weighted by Gasteiger charge is 2.53. The molecule has 0 heterocycles. The summed E-state index contributed by atoms with van der Waals surface area (Å²) in [5.41, 5.74) is 0. The Balaban J connectivity index is 1.63. The van der Waals surface area contributed by atoms with Crippen LogP contribution in [0, 0.1) is 23.7 Å². The van der Waals surface area contributed by atoms with Crippen LogP contribution in [0.25, 0.3) is 0 Å². The van der Waals surface area contributed by atoms with Crippen LogP contribution in [0.1, 0.15) is 45.4 Å². The molecule has 0 aliphatic heterocycles. The topological polar surface area (TPSA) is 32.3 Å². The molecular weight excluding hydrogens is 198 g/mol. The van der Waals surface area contributed by atoms with Gasteiger partial charge < -0.3 is 10.4 Å². The van der Waals surface area contributed by atoms with Crippen LogP contribution in [0.5, 0.6) is 0 Å². The lowest BCUT2D eigenvalue weighted by Gasteiger charge is -2.34. The Kier molecular flexibility index (Phi) is 2.97. The zero-order valence-electron chi connectivity index (χ0n) is 10.4. The summed E-state index contributed by atoms with van der Waals surface area (Å²) in [4.78, 5) is 0. The molecule has 16 heavy (non-hydrogen) atoms. The number of aliphatic hydroxyl groups is 1. The molecule has 3 rings (SSSR count). The van der Waals surface area contributed by atoms with Crippen molar-refractivity contribution in [2.75, 3.05) is 6.61 Å². The quantitative estimate of drug-likeness (QED) is 0.765. The van der Waals surface area contributed by atoms with Crippen LogP contribution in [-0.4, -0.2) is 23.8 Å². The second-order valence-corrected chi connectivity index (χ2v) is 6.21. The lowest BCUT2D eigenvalue weighted by molar-refractivity contribution is 0.169. The Hall–Kier alpha value is -0.0800. The van der Waals surface area contributed by atoms with Crippen molar-refractivity contribution in [1.29, 1.82) is 0 Å². The molecule has 0 aromatic carbocycles. The second-order valence-electron chi connectivity index (χ2n) is 6.21. The Morgan fingerprint density at radius 2 is 2.00 bits per heavy atom. The highest BCUT2D eigenvalue weighted by atomic mass is 16.3. The number of hydrogen-bond donors (Lipinski definition) is 2. The number of nitrogens with one attached hydrogen (secondary N) is 1. The molecule has 92 valence electrons. The lowest BCUT2D eigenvalue weighted by atomic mass is 9.79. The van der Waals surface area contributed by atoms with Gasteiger partial charge in [0.05, 0.1) is 6.61 Å². The summed E-state index contributed by atoms with van der Waals surface area (Å²) in [7, 11) is 0. The maximum atomic E-state index is 9.28. The molecule has 0 aromatic rings. The van der Waals surface area contributed by atoms with Gasteiger partial charge in [0.2, 0.25) is 0 Å². The Morgan fingerprint density at radius 3 is 2.75 bits per heavy atom. The van der Waals surface area contributed by atoms with Gasteiger partial charge >= 0.3 is 0 Å². The largest absolute Gasteiger partial charge is 0.395 e. The Labute approximate surface area is 98.8 Å². The van der Waals surface area contributed by atoms with E-state index in [-0.39, 0.29) is 0 Å². The van der Waals surface area contributed by atoms with Crippen molar-refractivity contribution in [1.82, 2.24) is 5.32 Å². The van der Waals surface area contributed by atoms with Crippen molar-refractivity contribution in [3.05, 3.63) is 0 Å². The van der Waals surface area contributed by atoms with Gasteiger partial charge in [0, 0.05) is 12.1 Å². The highest BCUT2D eigenvalue weighted by molar-refractivity contribution is 5.05. The standard InChI is InChI=1S/C14H25NO/c1-2-10(8-16)15-14-7-9-6-13(14)12-5-3-4-11(9)12/h9-16H,2-8H2,1H3/t9?,10-,11?,12?,13?,14?/m0/s1. The van der Waals surface area contributed by atoms with Crippen LogP contribution in [0.3, 0.4) is 0 Å². The van der Waals surface area contributed by atoms with Gasteiger partial charge in [0.1, 0.15) is 0 Å². The molecule has 0 saturated heterocycles. The van der Waals surface area contributed by atoms with Crippen molar-refractivity contribution < 1.29 is 5.11 Å². The maximum absolute atomic E-state index is 9.28. The zero-order chi connectivity index (χ0) is 11.1. The van der Waals surface area contributed by atoms with Gasteiger partial charge in [0.25, 0.3) is 0 Å². The monoisotopic (exact) mass is 223 g/mol. The van der Waals surface area contributed by atoms with E-state index in [2.05, 4.69) is 12.2 Å². The van der Waals surface area contributed by atoms with E-state index in [1.54, 1.807) is 0 Å². The van der Waals surface area contributed by atoms with Crippen LogP contribution in [0.15, 0.2) is 0 Å². The smallest absolute Gasteiger partial charge is 0.0584 e. The van der Waals surface area contributed by atoms with Gasteiger partial charge in [-0.15, -0.1) is 0 Å². The van der Waals surface area contributed by atoms with Gasteiger partial charge in [-0.3, -0.25) is 0 Å². The Bertz CT molecular complexity index is 251. The predicted molar refractivity (Wildman–Crippen MR) is 65.1 cm³/mol. The maximum Gasteiger partial charge on any atom is 0.0584 e. The van der Waals surface area contributed by atoms with E-state index >= 15 is 0 Å². The molecule has 2 bridgehead atoms. The molecule has 2 nitrogen and oxygen atoms in total. The average molecular weight is 223 g/mol. The van der Waals surface area contributed by atoms with Gasteiger partial charge in [-0.05, 0) is 55.8 Å². The van der Waals surface area contributed by atoms with Crippen molar-refractivity contribution in [2.45, 2.75) is 57.5 Å². The first-order valence-corrected chi connectivity index (χ1v) is 7.20. The summed E-state index contributed by atoms with van der Waals surface area (Å²) < 4.78 is 0. The van der Waals surface area contributed by atoms with E-state index in [0.717, 1.165) is 36.1 Å². The number of rotatable bonds is 4. The predicted octanol–water partition coefficient (Wildman–Crippen LogP) is 2.17. The van der Waals surface area contributed by atoms with E-state index < -0.39 is 0 Å². The summed E-state index contributed by atoms with van der Waals surface area (Å²) >= 11 is 0. The summed E-state index contributed by atoms with van der Waals surface area (Å²) in [6, 6.07) is 1.06. The summed E-state index contributed by atoms with van der Waals surface area (Å²) in [5.74, 6) is 4.08. The van der Waals surface area contributed by atoms with E-state index in [1.807, 2.05) is 0 Å². The van der Waals surface area contributed by atoms with Crippen LogP contribution in [0.2, 0.25) is 0 Å². The lowest BCUT2D eigenvalue weighted by Crippen LogP contribution is -2.45. The van der Waals surface area contributed by atoms with E-state index in [9.17, 15) is 5.11 Å². The van der Waals surface area contributed by atoms with Gasteiger partial charge in [-0.25, -0.2) is 0 Å². The molecule has 3 aliphatic rings. The first-order valence-electron chi connectivity index (χ1n) is 7.20. The minimum Gasteiger partial charge on any atom is -0.395 e. The molecule has 0 radical (unpaired) electrons. The Morgan fingerprint density at radius 1 is 1.19 bits per heavy atom. The van der Waals surface area contributed by atoms with Crippen LogP contribution >= 0.6 is 0 Å². The molecule has 0 amide bonds. The fourth-order valence-corrected chi connectivity index (χ4v) is 4.86. The fraction of sp³-hybridized carbons (Fsp3) is 1.00. The summed E-state index contributed by atoms with van der Waals surface area (Å²) in [6.45, 7) is 2.47. The first-order chi connectivity index (χ1) is 7.83. The second kappa shape index (κ2) is 4.30. The first kappa shape index (κ1) is 11.0. The SMILES string of the molecule is CC[C@@H](CO)NC1CC2CC1C1CCCC21. The van der Waals surface area contributed by atoms with Crippen molar-refractivity contribution in [3.8, 4) is 0 Å². The minimum absolute atomic E-state index is 0.304. The van der Waals surface area contributed by atoms with E-state index in [0.29, 0.717) is 12.6 Å². The number of fused-ring (bicyclic) bond motifs is 5. The van der Waals surface area contributed by atoms with Crippen molar-refractivity contribution >= 4 is 0 Å². The third-order valence-corrected chi connectivity index (χ3v) is 5.59. The molecule has 3 fully saturated rings. The fourth-order valence-electron chi connectivity index (χ4n) is 4.86. The number of hydrogen-bond acceptors (Lipinski definition) is 2. The summed E-state index contributed by atoms with van der Waals surface area (Å²) in [5, 5.41) is 13.0. The van der Waals surface area contributed by atoms with Crippen LogP contribution in [-0.2, 0) is 0 Å². The molecule has 3 saturated carbocycles. The molecule has 0 spiro atoms. The van der Waals surface area contributed by atoms with Crippen LogP contribution in [0.4, 0.5) is 0 Å². The van der Waals surface area contributed by atoms with Crippen molar-refractivity contribution in [2.24, 2.45) is 23.7 Å².